The highest BCUT2D eigenvalue weighted by molar-refractivity contribution is 5.95. The molecule has 0 bridgehead atoms. The number of nitrogens with one attached hydrogen (secondary N) is 2. The first-order valence-corrected chi connectivity index (χ1v) is 7.19. The van der Waals surface area contributed by atoms with Gasteiger partial charge in [-0.15, -0.1) is 0 Å². The molecule has 0 amide bonds. The number of carbonyl (C=O) groups excluding carboxylic acids is 1. The summed E-state index contributed by atoms with van der Waals surface area (Å²) in [5, 5.41) is 15.4. The number of fused-ring (bicyclic) bond motifs is 2. The van der Waals surface area contributed by atoms with Gasteiger partial charge in [0.25, 0.3) is 0 Å². The lowest BCUT2D eigenvalue weighted by Crippen LogP contribution is -2.56. The molecule has 4 unspecified atom stereocenters. The SMILES string of the molecule is C1=CC2=[N+]3CCNC4CCCC(C2CN1)C43.O=C[O-]. The molecule has 3 aliphatic heterocycles. The summed E-state index contributed by atoms with van der Waals surface area (Å²) in [6.07, 6.45) is 8.70. The molecule has 1 saturated heterocycles. The maximum absolute atomic E-state index is 8.25. The van der Waals surface area contributed by atoms with Gasteiger partial charge in [0.05, 0.1) is 18.5 Å². The molecule has 0 spiro atoms. The quantitative estimate of drug-likeness (QED) is 0.421. The summed E-state index contributed by atoms with van der Waals surface area (Å²) in [4.78, 5) is 8.25. The molecule has 19 heavy (non-hydrogen) atoms. The minimum absolute atomic E-state index is 0.500. The van der Waals surface area contributed by atoms with Crippen molar-refractivity contribution in [2.75, 3.05) is 19.6 Å². The second kappa shape index (κ2) is 5.33. The Balaban J connectivity index is 0.000000339. The summed E-state index contributed by atoms with van der Waals surface area (Å²) < 4.78 is 2.72. The Kier molecular flexibility index (Phi) is 3.55. The molecule has 0 aromatic carbocycles. The van der Waals surface area contributed by atoms with Crippen molar-refractivity contribution in [1.29, 1.82) is 0 Å². The lowest BCUT2D eigenvalue weighted by Gasteiger charge is -2.36. The lowest BCUT2D eigenvalue weighted by atomic mass is 9.74. The van der Waals surface area contributed by atoms with Gasteiger partial charge in [-0.25, -0.2) is 4.58 Å². The third kappa shape index (κ3) is 2.06. The molecule has 3 heterocycles. The summed E-state index contributed by atoms with van der Waals surface area (Å²) in [6, 6.07) is 1.56. The van der Waals surface area contributed by atoms with E-state index in [0.717, 1.165) is 30.5 Å². The van der Waals surface area contributed by atoms with Crippen LogP contribution >= 0.6 is 0 Å². The van der Waals surface area contributed by atoms with Gasteiger partial charge in [0.15, 0.2) is 18.3 Å². The van der Waals surface area contributed by atoms with E-state index >= 15 is 0 Å². The molecule has 1 saturated carbocycles. The Bertz CT molecular complexity index is 417. The van der Waals surface area contributed by atoms with Crippen molar-refractivity contribution in [3.63, 3.8) is 0 Å². The van der Waals surface area contributed by atoms with Gasteiger partial charge in [0.1, 0.15) is 0 Å². The number of carbonyl (C=O) groups is 1. The molecule has 0 radical (unpaired) electrons. The zero-order chi connectivity index (χ0) is 13.2. The molecule has 5 nitrogen and oxygen atoms in total. The number of hydrogen-bond donors (Lipinski definition) is 2. The van der Waals surface area contributed by atoms with Crippen molar-refractivity contribution in [1.82, 2.24) is 10.6 Å². The second-order valence-electron chi connectivity index (χ2n) is 5.71. The van der Waals surface area contributed by atoms with Crippen LogP contribution in [0.1, 0.15) is 19.3 Å². The predicted molar refractivity (Wildman–Crippen MR) is 69.8 cm³/mol. The van der Waals surface area contributed by atoms with E-state index < -0.39 is 6.47 Å². The van der Waals surface area contributed by atoms with Crippen LogP contribution in [-0.2, 0) is 4.79 Å². The van der Waals surface area contributed by atoms with Crippen molar-refractivity contribution in [3.8, 4) is 0 Å². The van der Waals surface area contributed by atoms with Gasteiger partial charge in [0, 0.05) is 31.2 Å². The standard InChI is InChI=1S/C13H19N3.CH2O2/c1-2-9-10-8-14-5-4-12(10)16-7-6-15-11(3-1)13(9)16;2-1-3/h4-5,9-11,13,15H,1-3,6-8H2;1H,(H,2,3). The summed E-state index contributed by atoms with van der Waals surface area (Å²) >= 11 is 0. The highest BCUT2D eigenvalue weighted by atomic mass is 16.3. The van der Waals surface area contributed by atoms with Crippen LogP contribution in [0.4, 0.5) is 0 Å². The summed E-state index contributed by atoms with van der Waals surface area (Å²) in [7, 11) is 0. The van der Waals surface area contributed by atoms with E-state index in [9.17, 15) is 0 Å². The van der Waals surface area contributed by atoms with E-state index in [0.29, 0.717) is 0 Å². The number of allylic oxidation sites excluding steroid dienone is 1. The molecule has 2 N–H and O–H groups in total. The smallest absolute Gasteiger partial charge is 0.183 e. The average Bonchev–Trinajstić information content (AvgIpc) is 2.78. The van der Waals surface area contributed by atoms with Gasteiger partial charge >= 0.3 is 0 Å². The molecule has 104 valence electrons. The van der Waals surface area contributed by atoms with Crippen molar-refractivity contribution in [2.24, 2.45) is 11.8 Å². The Morgan fingerprint density at radius 2 is 2.26 bits per heavy atom. The predicted octanol–water partition coefficient (Wildman–Crippen LogP) is -1.31. The fourth-order valence-corrected chi connectivity index (χ4v) is 4.39. The monoisotopic (exact) mass is 263 g/mol. The van der Waals surface area contributed by atoms with Gasteiger partial charge in [-0.3, -0.25) is 0 Å². The molecule has 5 heteroatoms. The van der Waals surface area contributed by atoms with Crippen LogP contribution in [0.3, 0.4) is 0 Å². The molecule has 0 aromatic rings. The van der Waals surface area contributed by atoms with Crippen molar-refractivity contribution in [3.05, 3.63) is 12.3 Å². The second-order valence-corrected chi connectivity index (χ2v) is 5.71. The third-order valence-corrected chi connectivity index (χ3v) is 4.96. The van der Waals surface area contributed by atoms with Crippen LogP contribution in [0, 0.1) is 11.8 Å². The Morgan fingerprint density at radius 1 is 1.42 bits per heavy atom. The zero-order valence-corrected chi connectivity index (χ0v) is 11.0. The number of carboxylic acid groups (broad SMARTS) is 1. The molecule has 0 aromatic heterocycles. The first kappa shape index (κ1) is 12.7. The van der Waals surface area contributed by atoms with Gasteiger partial charge < -0.3 is 20.5 Å². The summed E-state index contributed by atoms with van der Waals surface area (Å²) in [6.45, 7) is 3.05. The molecule has 2 fully saturated rings. The normalized spacial score (nSPS) is 38.5. The van der Waals surface area contributed by atoms with Gasteiger partial charge in [-0.2, -0.15) is 0 Å². The Hall–Kier alpha value is -1.36. The summed E-state index contributed by atoms with van der Waals surface area (Å²) in [5.41, 5.74) is 1.63. The van der Waals surface area contributed by atoms with Crippen molar-refractivity contribution >= 4 is 12.2 Å². The van der Waals surface area contributed by atoms with Crippen LogP contribution in [0.25, 0.3) is 0 Å². The maximum atomic E-state index is 8.25. The minimum Gasteiger partial charge on any atom is -0.554 e. The minimum atomic E-state index is -0.500. The van der Waals surface area contributed by atoms with Gasteiger partial charge in [-0.1, -0.05) is 6.42 Å². The van der Waals surface area contributed by atoms with E-state index in [2.05, 4.69) is 27.5 Å². The molecular weight excluding hydrogens is 242 g/mol. The topological polar surface area (TPSA) is 67.2 Å². The average molecular weight is 263 g/mol. The first-order chi connectivity index (χ1) is 9.36. The Morgan fingerprint density at radius 3 is 3.11 bits per heavy atom. The highest BCUT2D eigenvalue weighted by Gasteiger charge is 2.54. The van der Waals surface area contributed by atoms with Gasteiger partial charge in [-0.05, 0) is 12.8 Å². The van der Waals surface area contributed by atoms with Gasteiger partial charge in [0.2, 0.25) is 0 Å². The Labute approximate surface area is 113 Å². The van der Waals surface area contributed by atoms with Crippen LogP contribution in [0.2, 0.25) is 0 Å². The number of hydrogen-bond acceptors (Lipinski definition) is 4. The van der Waals surface area contributed by atoms with Crippen LogP contribution < -0.4 is 15.7 Å². The first-order valence-electron chi connectivity index (χ1n) is 7.19. The zero-order valence-electron chi connectivity index (χ0n) is 11.0. The number of piperazine rings is 1. The largest absolute Gasteiger partial charge is 0.554 e. The van der Waals surface area contributed by atoms with E-state index in [-0.39, 0.29) is 0 Å². The van der Waals surface area contributed by atoms with Crippen molar-refractivity contribution < 1.29 is 14.5 Å². The molecule has 4 rings (SSSR count). The fourth-order valence-electron chi connectivity index (χ4n) is 4.39. The highest BCUT2D eigenvalue weighted by Crippen LogP contribution is 2.39. The van der Waals surface area contributed by atoms with E-state index in [1.54, 1.807) is 5.71 Å². The lowest BCUT2D eigenvalue weighted by molar-refractivity contribution is -0.577. The van der Waals surface area contributed by atoms with Crippen LogP contribution in [-0.4, -0.2) is 48.5 Å². The molecule has 4 aliphatic rings. The van der Waals surface area contributed by atoms with Crippen LogP contribution in [0.15, 0.2) is 12.3 Å². The maximum Gasteiger partial charge on any atom is 0.183 e. The molecule has 4 atom stereocenters. The van der Waals surface area contributed by atoms with Crippen LogP contribution in [0.5, 0.6) is 0 Å². The fraction of sp³-hybridized carbons (Fsp3) is 0.714. The summed E-state index contributed by atoms with van der Waals surface area (Å²) in [5.74, 6) is 1.69. The number of nitrogens with zero attached hydrogens (tertiary/aromatic N) is 1. The van der Waals surface area contributed by atoms with E-state index in [4.69, 9.17) is 9.90 Å². The molecular formula is C14H21N3O2. The number of rotatable bonds is 0. The third-order valence-electron chi connectivity index (χ3n) is 4.96. The van der Waals surface area contributed by atoms with Crippen molar-refractivity contribution in [2.45, 2.75) is 31.3 Å². The van der Waals surface area contributed by atoms with E-state index in [1.165, 1.54) is 32.4 Å². The van der Waals surface area contributed by atoms with E-state index in [1.807, 2.05) is 0 Å². The molecule has 1 aliphatic carbocycles.